The Hall–Kier alpha value is -2.84. The lowest BCUT2D eigenvalue weighted by atomic mass is 10.2. The van der Waals surface area contributed by atoms with Crippen molar-refractivity contribution in [1.29, 1.82) is 0 Å². The Morgan fingerprint density at radius 3 is 1.55 bits per heavy atom. The van der Waals surface area contributed by atoms with Crippen molar-refractivity contribution in [1.82, 2.24) is 20.4 Å². The highest BCUT2D eigenvalue weighted by Gasteiger charge is 2.19. The summed E-state index contributed by atoms with van der Waals surface area (Å²) in [6, 6.07) is 12.7. The lowest BCUT2D eigenvalue weighted by Crippen LogP contribution is -2.41. The molecule has 6 nitrogen and oxygen atoms in total. The second-order valence-corrected chi connectivity index (χ2v) is 7.64. The van der Waals surface area contributed by atoms with Gasteiger partial charge in [0.15, 0.2) is 0 Å². The standard InChI is InChI=1S/C23H28F2N4O2/c24-20-8-3-1-6-18(20)14-26-22(30)16-28-10-5-11-29(13-12-28)17-23(31)27-15-19-7-2-4-9-21(19)25/h1-4,6-9H,5,10-17H2,(H,26,30)(H,27,31). The minimum absolute atomic E-state index is 0.153. The molecule has 0 atom stereocenters. The molecule has 0 aliphatic carbocycles. The van der Waals surface area contributed by atoms with E-state index in [0.29, 0.717) is 24.2 Å². The number of amides is 2. The zero-order valence-electron chi connectivity index (χ0n) is 17.4. The first kappa shape index (κ1) is 22.8. The summed E-state index contributed by atoms with van der Waals surface area (Å²) in [7, 11) is 0. The van der Waals surface area contributed by atoms with Crippen LogP contribution in [0.3, 0.4) is 0 Å². The van der Waals surface area contributed by atoms with Crippen LogP contribution < -0.4 is 10.6 Å². The van der Waals surface area contributed by atoms with E-state index >= 15 is 0 Å². The summed E-state index contributed by atoms with van der Waals surface area (Å²) < 4.78 is 27.3. The third-order valence-corrected chi connectivity index (χ3v) is 5.28. The molecule has 2 amide bonds. The van der Waals surface area contributed by atoms with Crippen LogP contribution in [0, 0.1) is 11.6 Å². The zero-order valence-corrected chi connectivity index (χ0v) is 17.4. The van der Waals surface area contributed by atoms with Gasteiger partial charge in [-0.2, -0.15) is 0 Å². The third-order valence-electron chi connectivity index (χ3n) is 5.28. The number of halogens is 2. The van der Waals surface area contributed by atoms with Crippen molar-refractivity contribution < 1.29 is 18.4 Å². The maximum atomic E-state index is 13.7. The highest BCUT2D eigenvalue weighted by molar-refractivity contribution is 5.78. The van der Waals surface area contributed by atoms with Gasteiger partial charge in [0.1, 0.15) is 11.6 Å². The first-order valence-electron chi connectivity index (χ1n) is 10.5. The topological polar surface area (TPSA) is 64.7 Å². The third kappa shape index (κ3) is 7.41. The molecule has 1 fully saturated rings. The van der Waals surface area contributed by atoms with E-state index in [2.05, 4.69) is 10.6 Å². The van der Waals surface area contributed by atoms with Gasteiger partial charge >= 0.3 is 0 Å². The van der Waals surface area contributed by atoms with Gasteiger partial charge in [0, 0.05) is 37.3 Å². The average Bonchev–Trinajstić information content (AvgIpc) is 2.97. The Morgan fingerprint density at radius 1 is 0.710 bits per heavy atom. The Morgan fingerprint density at radius 2 is 1.13 bits per heavy atom. The SMILES string of the molecule is O=C(CN1CCCN(CC(=O)NCc2ccccc2F)CC1)NCc1ccccc1F. The van der Waals surface area contributed by atoms with Crippen molar-refractivity contribution in [2.75, 3.05) is 39.3 Å². The molecule has 0 aromatic heterocycles. The molecule has 8 heteroatoms. The lowest BCUT2D eigenvalue weighted by molar-refractivity contribution is -0.123. The molecule has 2 aromatic rings. The normalized spacial score (nSPS) is 15.3. The second-order valence-electron chi connectivity index (χ2n) is 7.64. The predicted molar refractivity (Wildman–Crippen MR) is 114 cm³/mol. The summed E-state index contributed by atoms with van der Waals surface area (Å²) in [6.07, 6.45) is 0.835. The lowest BCUT2D eigenvalue weighted by Gasteiger charge is -2.21. The van der Waals surface area contributed by atoms with Crippen LogP contribution >= 0.6 is 0 Å². The van der Waals surface area contributed by atoms with Crippen LogP contribution in [0.4, 0.5) is 8.78 Å². The summed E-state index contributed by atoms with van der Waals surface area (Å²) in [5.74, 6) is -0.971. The quantitative estimate of drug-likeness (QED) is 0.672. The smallest absolute Gasteiger partial charge is 0.234 e. The highest BCUT2D eigenvalue weighted by atomic mass is 19.1. The van der Waals surface area contributed by atoms with Crippen molar-refractivity contribution in [3.63, 3.8) is 0 Å². The van der Waals surface area contributed by atoms with Crippen LogP contribution in [0.5, 0.6) is 0 Å². The summed E-state index contributed by atoms with van der Waals surface area (Å²) in [4.78, 5) is 28.5. The molecule has 0 bridgehead atoms. The molecule has 3 rings (SSSR count). The molecule has 0 unspecified atom stereocenters. The average molecular weight is 430 g/mol. The van der Waals surface area contributed by atoms with Crippen LogP contribution in [0.1, 0.15) is 17.5 Å². The van der Waals surface area contributed by atoms with E-state index in [0.717, 1.165) is 19.5 Å². The van der Waals surface area contributed by atoms with E-state index in [4.69, 9.17) is 0 Å². The second kappa shape index (κ2) is 11.5. The molecule has 1 aliphatic rings. The van der Waals surface area contributed by atoms with Crippen molar-refractivity contribution in [3.05, 3.63) is 71.3 Å². The molecule has 2 N–H and O–H groups in total. The Labute approximate surface area is 181 Å². The fourth-order valence-electron chi connectivity index (χ4n) is 3.53. The molecule has 2 aromatic carbocycles. The Balaban J connectivity index is 1.37. The van der Waals surface area contributed by atoms with Crippen molar-refractivity contribution in [2.45, 2.75) is 19.5 Å². The minimum atomic E-state index is -0.332. The first-order valence-corrected chi connectivity index (χ1v) is 10.5. The number of hydrogen-bond acceptors (Lipinski definition) is 4. The van der Waals surface area contributed by atoms with Crippen LogP contribution in [-0.2, 0) is 22.7 Å². The maximum Gasteiger partial charge on any atom is 0.234 e. The van der Waals surface area contributed by atoms with Gasteiger partial charge in [-0.3, -0.25) is 19.4 Å². The van der Waals surface area contributed by atoms with Crippen LogP contribution in [-0.4, -0.2) is 60.9 Å². The van der Waals surface area contributed by atoms with Gasteiger partial charge in [-0.1, -0.05) is 36.4 Å². The largest absolute Gasteiger partial charge is 0.351 e. The number of nitrogens with zero attached hydrogens (tertiary/aromatic N) is 2. The van der Waals surface area contributed by atoms with E-state index in [1.807, 2.05) is 9.80 Å². The van der Waals surface area contributed by atoms with E-state index in [1.54, 1.807) is 36.4 Å². The first-order chi connectivity index (χ1) is 15.0. The molecule has 1 heterocycles. The van der Waals surface area contributed by atoms with E-state index in [1.165, 1.54) is 12.1 Å². The van der Waals surface area contributed by atoms with Gasteiger partial charge in [-0.15, -0.1) is 0 Å². The zero-order chi connectivity index (χ0) is 22.1. The van der Waals surface area contributed by atoms with Gasteiger partial charge < -0.3 is 10.6 Å². The molecule has 0 radical (unpaired) electrons. The fourth-order valence-corrected chi connectivity index (χ4v) is 3.53. The van der Waals surface area contributed by atoms with Crippen molar-refractivity contribution in [2.24, 2.45) is 0 Å². The van der Waals surface area contributed by atoms with Crippen molar-refractivity contribution >= 4 is 11.8 Å². The molecule has 31 heavy (non-hydrogen) atoms. The van der Waals surface area contributed by atoms with E-state index in [-0.39, 0.29) is 49.6 Å². The Bertz CT molecular complexity index is 822. The number of carbonyl (C=O) groups excluding carboxylic acids is 2. The molecular formula is C23H28F2N4O2. The number of rotatable bonds is 8. The molecule has 166 valence electrons. The molecule has 1 saturated heterocycles. The van der Waals surface area contributed by atoms with E-state index < -0.39 is 0 Å². The van der Waals surface area contributed by atoms with E-state index in [9.17, 15) is 18.4 Å². The predicted octanol–water partition coefficient (Wildman–Crippen LogP) is 1.91. The summed E-state index contributed by atoms with van der Waals surface area (Å²) >= 11 is 0. The number of hydrogen-bond donors (Lipinski definition) is 2. The molecule has 0 spiro atoms. The van der Waals surface area contributed by atoms with Crippen LogP contribution in [0.2, 0.25) is 0 Å². The van der Waals surface area contributed by atoms with Gasteiger partial charge in [0.2, 0.25) is 11.8 Å². The summed E-state index contributed by atoms with van der Waals surface area (Å²) in [5, 5.41) is 5.52. The monoisotopic (exact) mass is 430 g/mol. The molecule has 1 aliphatic heterocycles. The van der Waals surface area contributed by atoms with Gasteiger partial charge in [-0.05, 0) is 31.6 Å². The minimum Gasteiger partial charge on any atom is -0.351 e. The molecular weight excluding hydrogens is 402 g/mol. The Kier molecular flexibility index (Phi) is 8.49. The number of benzene rings is 2. The highest BCUT2D eigenvalue weighted by Crippen LogP contribution is 2.07. The number of carbonyl (C=O) groups is 2. The maximum absolute atomic E-state index is 13.7. The van der Waals surface area contributed by atoms with Crippen LogP contribution in [0.25, 0.3) is 0 Å². The van der Waals surface area contributed by atoms with Gasteiger partial charge in [0.25, 0.3) is 0 Å². The number of nitrogens with one attached hydrogen (secondary N) is 2. The summed E-state index contributed by atoms with van der Waals surface area (Å²) in [5.41, 5.74) is 0.915. The van der Waals surface area contributed by atoms with Gasteiger partial charge in [0.05, 0.1) is 13.1 Å². The summed E-state index contributed by atoms with van der Waals surface area (Å²) in [6.45, 7) is 3.62. The van der Waals surface area contributed by atoms with Crippen LogP contribution in [0.15, 0.2) is 48.5 Å². The fraction of sp³-hybridized carbons (Fsp3) is 0.391. The van der Waals surface area contributed by atoms with Gasteiger partial charge in [-0.25, -0.2) is 8.78 Å². The molecule has 0 saturated carbocycles. The van der Waals surface area contributed by atoms with Crippen molar-refractivity contribution in [3.8, 4) is 0 Å².